The summed E-state index contributed by atoms with van der Waals surface area (Å²) >= 11 is 0. The van der Waals surface area contributed by atoms with Crippen LogP contribution < -0.4 is 10.1 Å². The maximum atomic E-state index is 5.97. The number of nitrogens with zero attached hydrogens (tertiary/aromatic N) is 2. The van der Waals surface area contributed by atoms with Crippen molar-refractivity contribution >= 4 is 0 Å². The predicted octanol–water partition coefficient (Wildman–Crippen LogP) is 3.55. The van der Waals surface area contributed by atoms with Gasteiger partial charge in [-0.15, -0.1) is 0 Å². The molecule has 0 atom stereocenters. The van der Waals surface area contributed by atoms with Crippen molar-refractivity contribution in [1.82, 2.24) is 20.5 Å². The SMILES string of the molecule is c1cc(CNCc2ccccc2OCC2CC2)cc(-c2ncn[nH]2)c1. The van der Waals surface area contributed by atoms with Crippen LogP contribution in [0.25, 0.3) is 11.4 Å². The number of para-hydroxylation sites is 1. The largest absolute Gasteiger partial charge is 0.493 e. The zero-order valence-electron chi connectivity index (χ0n) is 14.1. The molecule has 1 saturated carbocycles. The average molecular weight is 334 g/mol. The Hall–Kier alpha value is -2.66. The Morgan fingerprint density at radius 2 is 2.00 bits per heavy atom. The van der Waals surface area contributed by atoms with Gasteiger partial charge in [0.15, 0.2) is 5.82 Å². The van der Waals surface area contributed by atoms with Crippen LogP contribution in [-0.4, -0.2) is 21.8 Å². The summed E-state index contributed by atoms with van der Waals surface area (Å²) in [6, 6.07) is 16.6. The normalized spacial score (nSPS) is 13.8. The average Bonchev–Trinajstić information content (AvgIpc) is 3.32. The Morgan fingerprint density at radius 1 is 1.08 bits per heavy atom. The monoisotopic (exact) mass is 334 g/mol. The molecule has 2 N–H and O–H groups in total. The van der Waals surface area contributed by atoms with E-state index in [1.807, 2.05) is 18.2 Å². The molecule has 0 saturated heterocycles. The summed E-state index contributed by atoms with van der Waals surface area (Å²) in [6.07, 6.45) is 4.14. The molecule has 0 spiro atoms. The molecule has 0 amide bonds. The standard InChI is InChI=1S/C20H22N4O/c1-2-7-19(25-13-15-8-9-15)18(5-1)12-21-11-16-4-3-6-17(10-16)20-22-14-23-24-20/h1-7,10,14-15,21H,8-9,11-13H2,(H,22,23,24). The highest BCUT2D eigenvalue weighted by Gasteiger charge is 2.22. The molecule has 128 valence electrons. The van der Waals surface area contributed by atoms with Gasteiger partial charge in [0.05, 0.1) is 6.61 Å². The second-order valence-electron chi connectivity index (χ2n) is 6.50. The minimum atomic E-state index is 0.764. The summed E-state index contributed by atoms with van der Waals surface area (Å²) in [7, 11) is 0. The minimum Gasteiger partial charge on any atom is -0.493 e. The number of H-pyrrole nitrogens is 1. The molecule has 2 aromatic carbocycles. The molecule has 0 radical (unpaired) electrons. The molecule has 3 aromatic rings. The van der Waals surface area contributed by atoms with Crippen LogP contribution in [0.15, 0.2) is 54.9 Å². The summed E-state index contributed by atoms with van der Waals surface area (Å²) in [5, 5.41) is 10.3. The first-order valence-electron chi connectivity index (χ1n) is 8.74. The second-order valence-corrected chi connectivity index (χ2v) is 6.50. The second kappa shape index (κ2) is 7.49. The van der Waals surface area contributed by atoms with Gasteiger partial charge in [-0.3, -0.25) is 5.10 Å². The zero-order chi connectivity index (χ0) is 16.9. The number of aromatic nitrogens is 3. The molecule has 1 aliphatic rings. The summed E-state index contributed by atoms with van der Waals surface area (Å²) in [6.45, 7) is 2.42. The highest BCUT2D eigenvalue weighted by Crippen LogP contribution is 2.30. The molecular formula is C20H22N4O. The van der Waals surface area contributed by atoms with E-state index in [2.05, 4.69) is 50.8 Å². The van der Waals surface area contributed by atoms with Crippen LogP contribution >= 0.6 is 0 Å². The fourth-order valence-corrected chi connectivity index (χ4v) is 2.80. The number of hydrogen-bond acceptors (Lipinski definition) is 4. The fourth-order valence-electron chi connectivity index (χ4n) is 2.80. The van der Waals surface area contributed by atoms with Crippen LogP contribution in [0.4, 0.5) is 0 Å². The number of benzene rings is 2. The van der Waals surface area contributed by atoms with Gasteiger partial charge in [0, 0.05) is 24.2 Å². The van der Waals surface area contributed by atoms with Crippen molar-refractivity contribution in [3.05, 3.63) is 66.0 Å². The Bertz CT molecular complexity index is 812. The van der Waals surface area contributed by atoms with Crippen LogP contribution in [0.2, 0.25) is 0 Å². The quantitative estimate of drug-likeness (QED) is 0.661. The summed E-state index contributed by atoms with van der Waals surface area (Å²) in [5.74, 6) is 2.55. The molecule has 1 aromatic heterocycles. The molecule has 1 heterocycles. The van der Waals surface area contributed by atoms with Crippen LogP contribution in [0.5, 0.6) is 5.75 Å². The Kier molecular flexibility index (Phi) is 4.74. The van der Waals surface area contributed by atoms with E-state index in [-0.39, 0.29) is 0 Å². The van der Waals surface area contributed by atoms with Gasteiger partial charge < -0.3 is 10.1 Å². The smallest absolute Gasteiger partial charge is 0.155 e. The van der Waals surface area contributed by atoms with E-state index in [1.54, 1.807) is 0 Å². The van der Waals surface area contributed by atoms with Crippen molar-refractivity contribution < 1.29 is 4.74 Å². The van der Waals surface area contributed by atoms with Gasteiger partial charge in [-0.1, -0.05) is 36.4 Å². The van der Waals surface area contributed by atoms with Crippen LogP contribution in [0.1, 0.15) is 24.0 Å². The van der Waals surface area contributed by atoms with E-state index >= 15 is 0 Å². The molecule has 0 bridgehead atoms. The molecule has 4 rings (SSSR count). The number of nitrogens with one attached hydrogen (secondary N) is 2. The topological polar surface area (TPSA) is 62.8 Å². The third-order valence-electron chi connectivity index (χ3n) is 4.40. The van der Waals surface area contributed by atoms with Crippen molar-refractivity contribution in [1.29, 1.82) is 0 Å². The van der Waals surface area contributed by atoms with Crippen LogP contribution in [0.3, 0.4) is 0 Å². The first-order valence-corrected chi connectivity index (χ1v) is 8.74. The highest BCUT2D eigenvalue weighted by atomic mass is 16.5. The lowest BCUT2D eigenvalue weighted by Crippen LogP contribution is -2.14. The number of rotatable bonds is 8. The van der Waals surface area contributed by atoms with E-state index < -0.39 is 0 Å². The fraction of sp³-hybridized carbons (Fsp3) is 0.300. The maximum absolute atomic E-state index is 5.97. The maximum Gasteiger partial charge on any atom is 0.155 e. The summed E-state index contributed by atoms with van der Waals surface area (Å²) < 4.78 is 5.97. The van der Waals surface area contributed by atoms with Crippen molar-refractivity contribution in [3.63, 3.8) is 0 Å². The Balaban J connectivity index is 1.35. The third kappa shape index (κ3) is 4.25. The zero-order valence-corrected chi connectivity index (χ0v) is 14.1. The molecule has 5 nitrogen and oxygen atoms in total. The lowest BCUT2D eigenvalue weighted by molar-refractivity contribution is 0.296. The molecular weight excluding hydrogens is 312 g/mol. The number of ether oxygens (including phenoxy) is 1. The molecule has 0 unspecified atom stereocenters. The van der Waals surface area contributed by atoms with Crippen molar-refractivity contribution in [2.24, 2.45) is 5.92 Å². The molecule has 1 aliphatic carbocycles. The Morgan fingerprint density at radius 3 is 2.84 bits per heavy atom. The number of aromatic amines is 1. The molecule has 1 fully saturated rings. The van der Waals surface area contributed by atoms with E-state index in [0.29, 0.717) is 0 Å². The minimum absolute atomic E-state index is 0.764. The molecule has 0 aliphatic heterocycles. The van der Waals surface area contributed by atoms with Crippen molar-refractivity contribution in [2.45, 2.75) is 25.9 Å². The molecule has 5 heteroatoms. The van der Waals surface area contributed by atoms with Gasteiger partial charge in [-0.2, -0.15) is 5.10 Å². The van der Waals surface area contributed by atoms with Gasteiger partial charge in [0.2, 0.25) is 0 Å². The lowest BCUT2D eigenvalue weighted by atomic mass is 10.1. The van der Waals surface area contributed by atoms with Crippen molar-refractivity contribution in [2.75, 3.05) is 6.61 Å². The van der Waals surface area contributed by atoms with E-state index in [1.165, 1.54) is 30.3 Å². The Labute approximate surface area is 147 Å². The number of hydrogen-bond donors (Lipinski definition) is 2. The predicted molar refractivity (Wildman–Crippen MR) is 97.0 cm³/mol. The van der Waals surface area contributed by atoms with E-state index in [4.69, 9.17) is 4.74 Å². The lowest BCUT2D eigenvalue weighted by Gasteiger charge is -2.12. The van der Waals surface area contributed by atoms with E-state index in [0.717, 1.165) is 42.8 Å². The first kappa shape index (κ1) is 15.8. The van der Waals surface area contributed by atoms with Crippen LogP contribution in [-0.2, 0) is 13.1 Å². The molecule has 25 heavy (non-hydrogen) atoms. The highest BCUT2D eigenvalue weighted by molar-refractivity contribution is 5.55. The van der Waals surface area contributed by atoms with E-state index in [9.17, 15) is 0 Å². The first-order chi connectivity index (χ1) is 12.4. The van der Waals surface area contributed by atoms with Gasteiger partial charge in [0.25, 0.3) is 0 Å². The van der Waals surface area contributed by atoms with Crippen LogP contribution in [0, 0.1) is 5.92 Å². The summed E-state index contributed by atoms with van der Waals surface area (Å²) in [4.78, 5) is 4.20. The third-order valence-corrected chi connectivity index (χ3v) is 4.40. The van der Waals surface area contributed by atoms with Gasteiger partial charge in [-0.25, -0.2) is 4.98 Å². The van der Waals surface area contributed by atoms with Gasteiger partial charge in [-0.05, 0) is 36.5 Å². The van der Waals surface area contributed by atoms with Gasteiger partial charge in [0.1, 0.15) is 12.1 Å². The summed E-state index contributed by atoms with van der Waals surface area (Å²) in [5.41, 5.74) is 3.46. The van der Waals surface area contributed by atoms with Crippen molar-refractivity contribution in [3.8, 4) is 17.1 Å². The van der Waals surface area contributed by atoms with Gasteiger partial charge >= 0.3 is 0 Å².